The molecule has 0 bridgehead atoms. The number of para-hydroxylation sites is 1. The molecule has 0 spiro atoms. The molecule has 0 aliphatic carbocycles. The van der Waals surface area contributed by atoms with E-state index in [0.717, 1.165) is 32.8 Å². The minimum atomic E-state index is -0.362. The summed E-state index contributed by atoms with van der Waals surface area (Å²) in [5.41, 5.74) is 4.80. The highest BCUT2D eigenvalue weighted by atomic mass is 32.2. The lowest BCUT2D eigenvalue weighted by atomic mass is 10.0. The summed E-state index contributed by atoms with van der Waals surface area (Å²) in [5.74, 6) is -0.683. The first-order valence-corrected chi connectivity index (χ1v) is 15.2. The molecule has 2 amide bonds. The van der Waals surface area contributed by atoms with E-state index >= 15 is 0 Å². The number of fused-ring (bicyclic) bond motifs is 1. The predicted octanol–water partition coefficient (Wildman–Crippen LogP) is 6.67. The maximum atomic E-state index is 13.9. The van der Waals surface area contributed by atoms with Gasteiger partial charge in [-0.2, -0.15) is 5.10 Å². The van der Waals surface area contributed by atoms with Gasteiger partial charge in [0, 0.05) is 12.1 Å². The van der Waals surface area contributed by atoms with Crippen LogP contribution in [0.4, 0.5) is 14.6 Å². The van der Waals surface area contributed by atoms with E-state index < -0.39 is 0 Å². The minimum absolute atomic E-state index is 0.111. The Balaban J connectivity index is 1.49. The average molecular weight is 601 g/mol. The Hall–Kier alpha value is -4.28. The first-order valence-electron chi connectivity index (χ1n) is 13.3. The summed E-state index contributed by atoms with van der Waals surface area (Å²) >= 11 is 2.97. The Morgan fingerprint density at radius 1 is 0.976 bits per heavy atom. The zero-order valence-electron chi connectivity index (χ0n) is 22.6. The second kappa shape index (κ2) is 11.9. The van der Waals surface area contributed by atoms with Crippen LogP contribution in [0.25, 0.3) is 16.3 Å². The number of anilines is 1. The molecular formula is C32H26F2N4O2S2. The van der Waals surface area contributed by atoms with Gasteiger partial charge in [0.15, 0.2) is 0 Å². The lowest BCUT2D eigenvalue weighted by molar-refractivity contribution is -0.123. The Morgan fingerprint density at radius 3 is 2.38 bits per heavy atom. The molecule has 5 aromatic rings. The summed E-state index contributed by atoms with van der Waals surface area (Å²) in [6, 6.07) is 23.9. The standard InChI is InChI=1S/C32H26F2N4O2S2/c1-20-5-2-3-6-25(20)38-32-29(30(36-38)26-7-4-16-41-26)31(22-10-14-24(34)15-11-22)42-19-28(40)37(32)18-27(39)35-17-21-8-12-23(33)13-9-21/h2-16,31H,17-19H2,1H3,(H,35,39)/t31-/m1/s1. The third kappa shape index (κ3) is 5.60. The van der Waals surface area contributed by atoms with Gasteiger partial charge in [-0.05, 0) is 65.4 Å². The molecule has 212 valence electrons. The van der Waals surface area contributed by atoms with Gasteiger partial charge in [-0.25, -0.2) is 13.5 Å². The largest absolute Gasteiger partial charge is 0.350 e. The highest BCUT2D eigenvalue weighted by molar-refractivity contribution is 8.00. The number of thioether (sulfide) groups is 1. The smallest absolute Gasteiger partial charge is 0.240 e. The van der Waals surface area contributed by atoms with E-state index in [4.69, 9.17) is 5.10 Å². The summed E-state index contributed by atoms with van der Waals surface area (Å²) < 4.78 is 29.0. The molecule has 3 heterocycles. The van der Waals surface area contributed by atoms with Gasteiger partial charge in [0.1, 0.15) is 29.7 Å². The van der Waals surface area contributed by atoms with Crippen molar-refractivity contribution in [3.63, 3.8) is 0 Å². The molecule has 6 rings (SSSR count). The summed E-state index contributed by atoms with van der Waals surface area (Å²) in [7, 11) is 0. The van der Waals surface area contributed by atoms with E-state index in [1.807, 2.05) is 48.7 Å². The summed E-state index contributed by atoms with van der Waals surface area (Å²) in [6.45, 7) is 1.93. The number of nitrogens with one attached hydrogen (secondary N) is 1. The van der Waals surface area contributed by atoms with Crippen molar-refractivity contribution in [1.82, 2.24) is 15.1 Å². The van der Waals surface area contributed by atoms with E-state index in [1.54, 1.807) is 28.9 Å². The fraction of sp³-hybridized carbons (Fsp3) is 0.156. The number of aromatic nitrogens is 2. The van der Waals surface area contributed by atoms with Crippen LogP contribution in [0.1, 0.15) is 27.5 Å². The van der Waals surface area contributed by atoms with Gasteiger partial charge in [-0.3, -0.25) is 14.5 Å². The maximum Gasteiger partial charge on any atom is 0.240 e. The molecule has 1 aliphatic rings. The second-order valence-electron chi connectivity index (χ2n) is 9.89. The number of carbonyl (C=O) groups excluding carboxylic acids is 2. The van der Waals surface area contributed by atoms with Crippen molar-refractivity contribution in [1.29, 1.82) is 0 Å². The van der Waals surface area contributed by atoms with E-state index in [9.17, 15) is 18.4 Å². The van der Waals surface area contributed by atoms with E-state index in [2.05, 4.69) is 5.32 Å². The lowest BCUT2D eigenvalue weighted by Gasteiger charge is -2.23. The number of amides is 2. The third-order valence-electron chi connectivity index (χ3n) is 7.06. The zero-order chi connectivity index (χ0) is 29.2. The van der Waals surface area contributed by atoms with Crippen LogP contribution < -0.4 is 10.2 Å². The van der Waals surface area contributed by atoms with Crippen molar-refractivity contribution in [3.8, 4) is 16.3 Å². The monoisotopic (exact) mass is 600 g/mol. The van der Waals surface area contributed by atoms with Gasteiger partial charge in [-0.1, -0.05) is 48.5 Å². The predicted molar refractivity (Wildman–Crippen MR) is 163 cm³/mol. The van der Waals surface area contributed by atoms with Crippen molar-refractivity contribution < 1.29 is 18.4 Å². The van der Waals surface area contributed by atoms with Gasteiger partial charge in [0.25, 0.3) is 0 Å². The molecule has 10 heteroatoms. The van der Waals surface area contributed by atoms with Crippen LogP contribution in [-0.4, -0.2) is 33.9 Å². The van der Waals surface area contributed by atoms with E-state index in [-0.39, 0.29) is 47.5 Å². The first kappa shape index (κ1) is 27.9. The van der Waals surface area contributed by atoms with Crippen molar-refractivity contribution >= 4 is 40.7 Å². The molecule has 0 saturated carbocycles. The molecule has 0 saturated heterocycles. The topological polar surface area (TPSA) is 67.2 Å². The Morgan fingerprint density at radius 2 is 1.69 bits per heavy atom. The minimum Gasteiger partial charge on any atom is -0.350 e. The van der Waals surface area contributed by atoms with Crippen molar-refractivity contribution in [3.05, 3.63) is 124 Å². The van der Waals surface area contributed by atoms with Crippen LogP contribution in [0.2, 0.25) is 0 Å². The molecule has 0 fully saturated rings. The fourth-order valence-electron chi connectivity index (χ4n) is 4.99. The zero-order valence-corrected chi connectivity index (χ0v) is 24.2. The molecule has 2 aromatic heterocycles. The molecule has 1 N–H and O–H groups in total. The van der Waals surface area contributed by atoms with Crippen LogP contribution in [0, 0.1) is 18.6 Å². The SMILES string of the molecule is Cc1ccccc1-n1nc(-c2cccs2)c2c1N(CC(=O)NCc1ccc(F)cc1)C(=O)CS[C@@H]2c1ccc(F)cc1. The maximum absolute atomic E-state index is 13.9. The van der Waals surface area contributed by atoms with Gasteiger partial charge in [0.05, 0.1) is 21.6 Å². The second-order valence-corrected chi connectivity index (χ2v) is 11.9. The van der Waals surface area contributed by atoms with E-state index in [1.165, 1.54) is 52.3 Å². The Kier molecular flexibility index (Phi) is 7.90. The molecule has 1 atom stereocenters. The normalized spacial score (nSPS) is 14.9. The quantitative estimate of drug-likeness (QED) is 0.227. The number of rotatable bonds is 7. The van der Waals surface area contributed by atoms with Gasteiger partial charge < -0.3 is 5.32 Å². The average Bonchev–Trinajstić information content (AvgIpc) is 3.63. The molecule has 0 radical (unpaired) electrons. The number of nitrogens with zero attached hydrogens (tertiary/aromatic N) is 3. The van der Waals surface area contributed by atoms with Crippen LogP contribution in [-0.2, 0) is 16.1 Å². The molecule has 3 aromatic carbocycles. The van der Waals surface area contributed by atoms with Crippen LogP contribution in [0.3, 0.4) is 0 Å². The number of thiophene rings is 1. The van der Waals surface area contributed by atoms with Crippen molar-refractivity contribution in [2.75, 3.05) is 17.2 Å². The van der Waals surface area contributed by atoms with Crippen molar-refractivity contribution in [2.45, 2.75) is 18.7 Å². The highest BCUT2D eigenvalue weighted by Gasteiger charge is 2.38. The molecule has 1 aliphatic heterocycles. The van der Waals surface area contributed by atoms with Gasteiger partial charge >= 0.3 is 0 Å². The number of halogens is 2. The highest BCUT2D eigenvalue weighted by Crippen LogP contribution is 2.49. The number of aryl methyl sites for hydroxylation is 1. The Bertz CT molecular complexity index is 1740. The van der Waals surface area contributed by atoms with Crippen LogP contribution >= 0.6 is 23.1 Å². The Labute approximate surface area is 250 Å². The summed E-state index contributed by atoms with van der Waals surface area (Å²) in [4.78, 5) is 29.5. The number of carbonyl (C=O) groups is 2. The molecular weight excluding hydrogens is 575 g/mol. The van der Waals surface area contributed by atoms with Crippen LogP contribution in [0.15, 0.2) is 90.3 Å². The third-order valence-corrected chi connectivity index (χ3v) is 9.20. The first-order chi connectivity index (χ1) is 20.4. The van der Waals surface area contributed by atoms with Crippen LogP contribution in [0.5, 0.6) is 0 Å². The lowest BCUT2D eigenvalue weighted by Crippen LogP contribution is -2.42. The number of benzene rings is 3. The number of hydrogen-bond donors (Lipinski definition) is 1. The number of hydrogen-bond acceptors (Lipinski definition) is 5. The molecule has 0 unspecified atom stereocenters. The van der Waals surface area contributed by atoms with Crippen molar-refractivity contribution in [2.24, 2.45) is 0 Å². The molecule has 42 heavy (non-hydrogen) atoms. The molecule has 6 nitrogen and oxygen atoms in total. The summed E-state index contributed by atoms with van der Waals surface area (Å²) in [6.07, 6.45) is 0. The van der Waals surface area contributed by atoms with Gasteiger partial charge in [-0.15, -0.1) is 23.1 Å². The summed E-state index contributed by atoms with van der Waals surface area (Å²) in [5, 5.41) is 9.56. The van der Waals surface area contributed by atoms with Gasteiger partial charge in [0.2, 0.25) is 11.8 Å². The van der Waals surface area contributed by atoms with E-state index in [0.29, 0.717) is 11.5 Å². The fourth-order valence-corrected chi connectivity index (χ4v) is 6.91.